The van der Waals surface area contributed by atoms with Gasteiger partial charge in [0.25, 0.3) is 0 Å². The van der Waals surface area contributed by atoms with Crippen LogP contribution in [0.4, 0.5) is 5.69 Å². The summed E-state index contributed by atoms with van der Waals surface area (Å²) in [6, 6.07) is 5.68. The summed E-state index contributed by atoms with van der Waals surface area (Å²) in [5, 5.41) is 3.24. The number of hydrogen-bond acceptors (Lipinski definition) is 6. The van der Waals surface area contributed by atoms with Crippen LogP contribution in [0.3, 0.4) is 0 Å². The Morgan fingerprint density at radius 1 is 1.24 bits per heavy atom. The Balaban J connectivity index is 0.00000400. The summed E-state index contributed by atoms with van der Waals surface area (Å²) >= 11 is 0. The van der Waals surface area contributed by atoms with Crippen LogP contribution in [0.5, 0.6) is 5.75 Å². The van der Waals surface area contributed by atoms with Gasteiger partial charge in [-0.3, -0.25) is 4.79 Å². The van der Waals surface area contributed by atoms with Crippen molar-refractivity contribution >= 4 is 22.0 Å². The Kier molecular flexibility index (Phi) is 9.63. The molecule has 9 heteroatoms. The number of carbonyl (C=O) groups is 1. The van der Waals surface area contributed by atoms with Crippen molar-refractivity contribution in [2.45, 2.75) is 32.6 Å². The molecule has 1 aromatic carbocycles. The summed E-state index contributed by atoms with van der Waals surface area (Å²) in [4.78, 5) is 11.4. The van der Waals surface area contributed by atoms with Crippen LogP contribution in [0.25, 0.3) is 0 Å². The standard InChI is InChI=1S/C12H16N2O5S.Na/c1-2-3-4-5-12(15)19-11-8-6-10(7-9-11)13-14-20(16,17)18;/h6-9H,2-5H2,1H3,(H,16,17,18);/q;+1/p-1. The predicted molar refractivity (Wildman–Crippen MR) is 70.4 cm³/mol. The molecule has 7 nitrogen and oxygen atoms in total. The maximum absolute atomic E-state index is 11.4. The first kappa shape index (κ1) is 20.2. The first-order chi connectivity index (χ1) is 9.40. The van der Waals surface area contributed by atoms with Gasteiger partial charge in [0.15, 0.2) is 0 Å². The van der Waals surface area contributed by atoms with Crippen molar-refractivity contribution in [3.8, 4) is 5.75 Å². The zero-order chi connectivity index (χ0) is 15.0. The van der Waals surface area contributed by atoms with E-state index in [1.54, 1.807) is 0 Å². The van der Waals surface area contributed by atoms with Crippen LogP contribution >= 0.6 is 0 Å². The largest absolute Gasteiger partial charge is 1.00 e. The van der Waals surface area contributed by atoms with Gasteiger partial charge < -0.3 is 9.29 Å². The van der Waals surface area contributed by atoms with Crippen LogP contribution in [-0.4, -0.2) is 18.9 Å². The van der Waals surface area contributed by atoms with E-state index in [1.807, 2.05) is 6.92 Å². The smallest absolute Gasteiger partial charge is 0.728 e. The van der Waals surface area contributed by atoms with Gasteiger partial charge in [0, 0.05) is 6.42 Å². The third kappa shape index (κ3) is 9.70. The van der Waals surface area contributed by atoms with Gasteiger partial charge >= 0.3 is 35.5 Å². The molecule has 0 aliphatic carbocycles. The molecule has 0 amide bonds. The maximum atomic E-state index is 11.4. The number of carbonyl (C=O) groups excluding carboxylic acids is 1. The molecule has 0 aromatic heterocycles. The molecule has 0 atom stereocenters. The van der Waals surface area contributed by atoms with E-state index in [1.165, 1.54) is 24.3 Å². The summed E-state index contributed by atoms with van der Waals surface area (Å²) in [6.45, 7) is 2.04. The van der Waals surface area contributed by atoms with Crippen LogP contribution in [0, 0.1) is 0 Å². The molecule has 0 saturated heterocycles. The Morgan fingerprint density at radius 3 is 2.38 bits per heavy atom. The zero-order valence-corrected chi connectivity index (χ0v) is 14.8. The fraction of sp³-hybridized carbons (Fsp3) is 0.417. The van der Waals surface area contributed by atoms with Crippen molar-refractivity contribution in [2.75, 3.05) is 0 Å². The summed E-state index contributed by atoms with van der Waals surface area (Å²) in [6.07, 6.45) is 3.13. The van der Waals surface area contributed by atoms with E-state index in [2.05, 4.69) is 9.63 Å². The van der Waals surface area contributed by atoms with Gasteiger partial charge in [0.1, 0.15) is 5.75 Å². The molecule has 21 heavy (non-hydrogen) atoms. The summed E-state index contributed by atoms with van der Waals surface area (Å²) in [7, 11) is -4.74. The van der Waals surface area contributed by atoms with Crippen molar-refractivity contribution in [1.29, 1.82) is 0 Å². The van der Waals surface area contributed by atoms with Crippen molar-refractivity contribution in [1.82, 2.24) is 0 Å². The molecule has 0 N–H and O–H groups in total. The molecule has 1 rings (SSSR count). The van der Waals surface area contributed by atoms with Crippen molar-refractivity contribution in [2.24, 2.45) is 9.63 Å². The quantitative estimate of drug-likeness (QED) is 0.171. The maximum Gasteiger partial charge on any atom is 1.00 e. The molecule has 0 radical (unpaired) electrons. The number of unbranched alkanes of at least 4 members (excludes halogenated alkanes) is 2. The van der Waals surface area contributed by atoms with E-state index in [-0.39, 0.29) is 41.2 Å². The molecule has 0 saturated carbocycles. The fourth-order valence-corrected chi connectivity index (χ4v) is 1.57. The predicted octanol–water partition coefficient (Wildman–Crippen LogP) is -0.280. The van der Waals surface area contributed by atoms with Crippen molar-refractivity contribution in [3.05, 3.63) is 24.3 Å². The van der Waals surface area contributed by atoms with Gasteiger partial charge in [0.05, 0.1) is 5.69 Å². The molecule has 0 aliphatic rings. The number of rotatable bonds is 7. The monoisotopic (exact) mass is 322 g/mol. The van der Waals surface area contributed by atoms with Gasteiger partial charge in [-0.2, -0.15) is 0 Å². The molecule has 0 unspecified atom stereocenters. The number of esters is 1. The summed E-state index contributed by atoms with van der Waals surface area (Å²) in [5.74, 6) is 0.00499. The first-order valence-corrected chi connectivity index (χ1v) is 7.47. The third-order valence-corrected chi connectivity index (χ3v) is 2.59. The molecule has 0 aliphatic heterocycles. The second-order valence-corrected chi connectivity index (χ2v) is 5.05. The normalized spacial score (nSPS) is 11.1. The molecule has 0 bridgehead atoms. The van der Waals surface area contributed by atoms with Crippen molar-refractivity contribution < 1.29 is 52.1 Å². The fourth-order valence-electron chi connectivity index (χ4n) is 1.38. The zero-order valence-electron chi connectivity index (χ0n) is 12.0. The van der Waals surface area contributed by atoms with Crippen LogP contribution in [0.15, 0.2) is 33.9 Å². The topological polar surface area (TPSA) is 108 Å². The Hall–Kier alpha value is -0.800. The number of ether oxygens (including phenoxy) is 1. The van der Waals surface area contributed by atoms with Crippen LogP contribution in [0.1, 0.15) is 32.6 Å². The third-order valence-electron chi connectivity index (χ3n) is 2.31. The van der Waals surface area contributed by atoms with Crippen LogP contribution < -0.4 is 34.3 Å². The van der Waals surface area contributed by atoms with E-state index < -0.39 is 10.3 Å². The molecule has 0 spiro atoms. The van der Waals surface area contributed by atoms with Gasteiger partial charge in [-0.15, -0.1) is 5.11 Å². The van der Waals surface area contributed by atoms with E-state index >= 15 is 0 Å². The first-order valence-electron chi connectivity index (χ1n) is 6.10. The van der Waals surface area contributed by atoms with Gasteiger partial charge in [-0.05, 0) is 30.7 Å². The SMILES string of the molecule is CCCCCC(=O)Oc1ccc(N=NS(=O)(=O)[O-])cc1.[Na+]. The molecular formula is C12H15N2NaO5S. The van der Waals surface area contributed by atoms with Gasteiger partial charge in [0.2, 0.25) is 10.3 Å². The Bertz CT molecular complexity index is 572. The van der Waals surface area contributed by atoms with Crippen LogP contribution in [0.2, 0.25) is 0 Å². The minimum Gasteiger partial charge on any atom is -0.728 e. The molecule has 110 valence electrons. The summed E-state index contributed by atoms with van der Waals surface area (Å²) < 4.78 is 38.4. The number of hydrogen-bond donors (Lipinski definition) is 0. The summed E-state index contributed by atoms with van der Waals surface area (Å²) in [5.41, 5.74) is 0.176. The number of benzene rings is 1. The Morgan fingerprint density at radius 2 is 1.86 bits per heavy atom. The average molecular weight is 322 g/mol. The molecule has 0 heterocycles. The molecule has 1 aromatic rings. The van der Waals surface area contributed by atoms with Gasteiger partial charge in [-0.25, -0.2) is 8.42 Å². The van der Waals surface area contributed by atoms with E-state index in [0.717, 1.165) is 19.3 Å². The number of nitrogens with zero attached hydrogens (tertiary/aromatic N) is 2. The van der Waals surface area contributed by atoms with E-state index in [9.17, 15) is 17.8 Å². The second kappa shape index (κ2) is 10.0. The Labute approximate surface area is 146 Å². The minimum atomic E-state index is -4.74. The van der Waals surface area contributed by atoms with Crippen molar-refractivity contribution in [3.63, 3.8) is 0 Å². The van der Waals surface area contributed by atoms with Crippen LogP contribution in [-0.2, 0) is 15.1 Å². The minimum absolute atomic E-state index is 0. The van der Waals surface area contributed by atoms with Gasteiger partial charge in [-0.1, -0.05) is 24.3 Å². The van der Waals surface area contributed by atoms with E-state index in [4.69, 9.17) is 4.74 Å². The average Bonchev–Trinajstić information content (AvgIpc) is 2.37. The molecule has 0 fully saturated rings. The van der Waals surface area contributed by atoms with E-state index in [0.29, 0.717) is 12.2 Å². The second-order valence-electron chi connectivity index (χ2n) is 4.03. The molecular weight excluding hydrogens is 307 g/mol.